The lowest BCUT2D eigenvalue weighted by Gasteiger charge is -2.28. The minimum absolute atomic E-state index is 0.0952. The van der Waals surface area contributed by atoms with Crippen LogP contribution in [0.2, 0.25) is 0 Å². The molecule has 1 atom stereocenters. The van der Waals surface area contributed by atoms with Crippen LogP contribution < -0.4 is 9.62 Å². The summed E-state index contributed by atoms with van der Waals surface area (Å²) < 4.78 is 28.1. The van der Waals surface area contributed by atoms with Crippen molar-refractivity contribution in [2.24, 2.45) is 0 Å². The molecule has 2 aromatic carbocycles. The summed E-state index contributed by atoms with van der Waals surface area (Å²) >= 11 is 0. The Hall–Kier alpha value is -2.49. The van der Waals surface area contributed by atoms with Crippen LogP contribution in [0.3, 0.4) is 0 Å². The molecule has 1 fully saturated rings. The molecule has 29 heavy (non-hydrogen) atoms. The van der Waals surface area contributed by atoms with Gasteiger partial charge in [-0.05, 0) is 49.7 Å². The van der Waals surface area contributed by atoms with Gasteiger partial charge in [-0.3, -0.25) is 15.0 Å². The van der Waals surface area contributed by atoms with Crippen LogP contribution in [-0.4, -0.2) is 52.0 Å². The van der Waals surface area contributed by atoms with Gasteiger partial charge in [0.2, 0.25) is 10.0 Å². The molecular formula is C20H26N4O4S. The van der Waals surface area contributed by atoms with E-state index in [-0.39, 0.29) is 23.2 Å². The molecule has 9 heteroatoms. The van der Waals surface area contributed by atoms with E-state index in [1.165, 1.54) is 18.2 Å². The molecule has 0 amide bonds. The number of anilines is 1. The second-order valence-electron chi connectivity index (χ2n) is 7.35. The summed E-state index contributed by atoms with van der Waals surface area (Å²) in [5.74, 6) is 0. The molecule has 1 aliphatic heterocycles. The second kappa shape index (κ2) is 8.89. The van der Waals surface area contributed by atoms with Crippen LogP contribution in [-0.2, 0) is 10.0 Å². The molecule has 8 nitrogen and oxygen atoms in total. The van der Waals surface area contributed by atoms with Crippen LogP contribution in [0, 0.1) is 10.1 Å². The number of nitro groups is 1. The fourth-order valence-electron chi connectivity index (χ4n) is 3.54. The first-order chi connectivity index (χ1) is 13.8. The summed E-state index contributed by atoms with van der Waals surface area (Å²) in [5, 5.41) is 11.0. The Morgan fingerprint density at radius 1 is 1.14 bits per heavy atom. The van der Waals surface area contributed by atoms with Gasteiger partial charge in [-0.25, -0.2) is 13.1 Å². The molecule has 0 unspecified atom stereocenters. The SMILES string of the molecule is CN(C)c1ccc([C@@H](CNS(=O)(=O)c2cccc([N+](=O)[O-])c2)N2CCCC2)cc1. The Balaban J connectivity index is 1.81. The van der Waals surface area contributed by atoms with E-state index >= 15 is 0 Å². The van der Waals surface area contributed by atoms with Gasteiger partial charge in [-0.15, -0.1) is 0 Å². The van der Waals surface area contributed by atoms with Gasteiger partial charge in [0, 0.05) is 44.5 Å². The van der Waals surface area contributed by atoms with Crippen molar-refractivity contribution in [2.45, 2.75) is 23.8 Å². The van der Waals surface area contributed by atoms with E-state index in [1.807, 2.05) is 43.3 Å². The van der Waals surface area contributed by atoms with Crippen molar-refractivity contribution in [3.8, 4) is 0 Å². The van der Waals surface area contributed by atoms with Crippen molar-refractivity contribution in [3.63, 3.8) is 0 Å². The van der Waals surface area contributed by atoms with E-state index in [1.54, 1.807) is 0 Å². The Kier molecular flexibility index (Phi) is 6.51. The lowest BCUT2D eigenvalue weighted by atomic mass is 10.1. The van der Waals surface area contributed by atoms with Crippen LogP contribution in [0.15, 0.2) is 53.4 Å². The number of likely N-dealkylation sites (tertiary alicyclic amines) is 1. The Morgan fingerprint density at radius 3 is 2.38 bits per heavy atom. The van der Waals surface area contributed by atoms with E-state index in [9.17, 15) is 18.5 Å². The monoisotopic (exact) mass is 418 g/mol. The number of rotatable bonds is 8. The fraction of sp³-hybridized carbons (Fsp3) is 0.400. The Morgan fingerprint density at radius 2 is 1.79 bits per heavy atom. The topological polar surface area (TPSA) is 95.8 Å². The number of benzene rings is 2. The Bertz CT molecular complexity index is 955. The second-order valence-corrected chi connectivity index (χ2v) is 9.12. The van der Waals surface area contributed by atoms with Gasteiger partial charge in [-0.2, -0.15) is 0 Å². The van der Waals surface area contributed by atoms with Crippen LogP contribution in [0.5, 0.6) is 0 Å². The number of hydrogen-bond donors (Lipinski definition) is 1. The van der Waals surface area contributed by atoms with E-state index in [4.69, 9.17) is 0 Å². The third-order valence-electron chi connectivity index (χ3n) is 5.18. The van der Waals surface area contributed by atoms with Gasteiger partial charge in [-0.1, -0.05) is 18.2 Å². The van der Waals surface area contributed by atoms with Crippen molar-refractivity contribution in [1.29, 1.82) is 0 Å². The zero-order valence-corrected chi connectivity index (χ0v) is 17.4. The molecule has 0 aromatic heterocycles. The van der Waals surface area contributed by atoms with Crippen LogP contribution in [0.25, 0.3) is 0 Å². The van der Waals surface area contributed by atoms with E-state index in [0.29, 0.717) is 0 Å². The molecular weight excluding hydrogens is 392 g/mol. The largest absolute Gasteiger partial charge is 0.378 e. The molecule has 1 aliphatic rings. The predicted molar refractivity (Wildman–Crippen MR) is 113 cm³/mol. The highest BCUT2D eigenvalue weighted by Crippen LogP contribution is 2.27. The number of hydrogen-bond acceptors (Lipinski definition) is 6. The average Bonchev–Trinajstić information content (AvgIpc) is 3.23. The average molecular weight is 419 g/mol. The number of non-ortho nitro benzene ring substituents is 1. The highest BCUT2D eigenvalue weighted by Gasteiger charge is 2.26. The summed E-state index contributed by atoms with van der Waals surface area (Å²) in [4.78, 5) is 14.6. The summed E-state index contributed by atoms with van der Waals surface area (Å²) in [5.41, 5.74) is 1.87. The van der Waals surface area contributed by atoms with Crippen LogP contribution in [0.1, 0.15) is 24.4 Å². The molecule has 0 radical (unpaired) electrons. The minimum Gasteiger partial charge on any atom is -0.378 e. The van der Waals surface area contributed by atoms with E-state index in [2.05, 4.69) is 9.62 Å². The van der Waals surface area contributed by atoms with Gasteiger partial charge < -0.3 is 4.90 Å². The zero-order valence-electron chi connectivity index (χ0n) is 16.6. The van der Waals surface area contributed by atoms with E-state index in [0.717, 1.165) is 43.2 Å². The fourth-order valence-corrected chi connectivity index (χ4v) is 4.62. The Labute approximate surface area is 171 Å². The van der Waals surface area contributed by atoms with Gasteiger partial charge in [0.15, 0.2) is 0 Å². The first kappa shape index (κ1) is 21.2. The summed E-state index contributed by atoms with van der Waals surface area (Å²) in [6.45, 7) is 2.03. The molecule has 3 rings (SSSR count). The molecule has 0 saturated carbocycles. The minimum atomic E-state index is -3.86. The first-order valence-electron chi connectivity index (χ1n) is 9.53. The van der Waals surface area contributed by atoms with Crippen molar-refractivity contribution in [2.75, 3.05) is 38.6 Å². The van der Waals surface area contributed by atoms with Gasteiger partial charge in [0.1, 0.15) is 0 Å². The van der Waals surface area contributed by atoms with Crippen molar-refractivity contribution >= 4 is 21.4 Å². The molecule has 0 aliphatic carbocycles. The van der Waals surface area contributed by atoms with Gasteiger partial charge >= 0.3 is 0 Å². The van der Waals surface area contributed by atoms with Crippen molar-refractivity contribution in [1.82, 2.24) is 9.62 Å². The molecule has 1 N–H and O–H groups in total. The third kappa shape index (κ3) is 5.11. The van der Waals surface area contributed by atoms with Crippen molar-refractivity contribution < 1.29 is 13.3 Å². The number of nitro benzene ring substituents is 1. The lowest BCUT2D eigenvalue weighted by Crippen LogP contribution is -2.36. The first-order valence-corrected chi connectivity index (χ1v) is 11.0. The number of nitrogens with zero attached hydrogens (tertiary/aromatic N) is 3. The standard InChI is InChI=1S/C20H26N4O4S/c1-22(2)17-10-8-16(9-11-17)20(23-12-3-4-13-23)15-21-29(27,28)19-7-5-6-18(14-19)24(25)26/h5-11,14,20-21H,3-4,12-13,15H2,1-2H3/t20-/m1/s1. The van der Waals surface area contributed by atoms with Crippen molar-refractivity contribution in [3.05, 3.63) is 64.2 Å². The third-order valence-corrected chi connectivity index (χ3v) is 6.60. The summed E-state index contributed by atoms with van der Waals surface area (Å²) in [6, 6.07) is 13.1. The highest BCUT2D eigenvalue weighted by atomic mass is 32.2. The maximum Gasteiger partial charge on any atom is 0.270 e. The maximum absolute atomic E-state index is 12.7. The van der Waals surface area contributed by atoms with Gasteiger partial charge in [0.05, 0.1) is 9.82 Å². The summed E-state index contributed by atoms with van der Waals surface area (Å²) in [6.07, 6.45) is 2.17. The van der Waals surface area contributed by atoms with E-state index < -0.39 is 14.9 Å². The molecule has 156 valence electrons. The number of nitrogens with one attached hydrogen (secondary N) is 1. The molecule has 2 aromatic rings. The quantitative estimate of drug-likeness (QED) is 0.523. The van der Waals surface area contributed by atoms with Gasteiger partial charge in [0.25, 0.3) is 5.69 Å². The zero-order chi connectivity index (χ0) is 21.0. The molecule has 1 heterocycles. The highest BCUT2D eigenvalue weighted by molar-refractivity contribution is 7.89. The molecule has 0 spiro atoms. The molecule has 0 bridgehead atoms. The smallest absolute Gasteiger partial charge is 0.270 e. The molecule has 1 saturated heterocycles. The van der Waals surface area contributed by atoms with Crippen LogP contribution in [0.4, 0.5) is 11.4 Å². The maximum atomic E-state index is 12.7. The summed E-state index contributed by atoms with van der Waals surface area (Å²) in [7, 11) is 0.0849. The van der Waals surface area contributed by atoms with Crippen LogP contribution >= 0.6 is 0 Å². The number of sulfonamides is 1. The predicted octanol–water partition coefficient (Wildman–Crippen LogP) is 2.78. The lowest BCUT2D eigenvalue weighted by molar-refractivity contribution is -0.385. The normalized spacial score (nSPS) is 15.9.